The first-order valence-corrected chi connectivity index (χ1v) is 7.57. The summed E-state index contributed by atoms with van der Waals surface area (Å²) in [4.78, 5) is 13.5. The van der Waals surface area contributed by atoms with Crippen molar-refractivity contribution in [2.45, 2.75) is 31.8 Å². The third-order valence-corrected chi connectivity index (χ3v) is 3.25. The van der Waals surface area contributed by atoms with E-state index < -0.39 is 13.0 Å². The van der Waals surface area contributed by atoms with Gasteiger partial charge in [0.25, 0.3) is 6.43 Å². The number of hydrogen-bond donors (Lipinski definition) is 0. The first-order chi connectivity index (χ1) is 9.13. The van der Waals surface area contributed by atoms with Gasteiger partial charge in [-0.3, -0.25) is 4.79 Å². The molecule has 0 radical (unpaired) electrons. The predicted octanol–water partition coefficient (Wildman–Crippen LogP) is 2.06. The number of hydrogen-bond acceptors (Lipinski definition) is 3. The van der Waals surface area contributed by atoms with Crippen molar-refractivity contribution in [2.75, 3.05) is 38.2 Å². The van der Waals surface area contributed by atoms with Gasteiger partial charge in [-0.25, -0.2) is 8.78 Å². The van der Waals surface area contributed by atoms with Crippen molar-refractivity contribution < 1.29 is 23.0 Å². The van der Waals surface area contributed by atoms with Gasteiger partial charge < -0.3 is 14.4 Å². The molecule has 7 heteroatoms. The molecule has 1 heterocycles. The van der Waals surface area contributed by atoms with Gasteiger partial charge in [0, 0.05) is 18.4 Å². The van der Waals surface area contributed by atoms with Crippen LogP contribution in [0.25, 0.3) is 0 Å². The minimum atomic E-state index is -2.47. The summed E-state index contributed by atoms with van der Waals surface area (Å²) < 4.78 is 33.9. The first kappa shape index (κ1) is 16.8. The van der Waals surface area contributed by atoms with Gasteiger partial charge in [0.1, 0.15) is 6.61 Å². The van der Waals surface area contributed by atoms with E-state index in [4.69, 9.17) is 9.47 Å². The molecule has 0 saturated carbocycles. The van der Waals surface area contributed by atoms with Gasteiger partial charge in [-0.15, -0.1) is 0 Å². The number of piperidine rings is 1. The summed E-state index contributed by atoms with van der Waals surface area (Å²) >= 11 is 3.30. The maximum atomic E-state index is 11.8. The van der Waals surface area contributed by atoms with E-state index in [9.17, 15) is 13.6 Å². The molecular weight excluding hydrogens is 324 g/mol. The van der Waals surface area contributed by atoms with Crippen molar-refractivity contribution in [3.05, 3.63) is 0 Å². The lowest BCUT2D eigenvalue weighted by Crippen LogP contribution is -2.41. The summed E-state index contributed by atoms with van der Waals surface area (Å²) in [6, 6.07) is 0. The Morgan fingerprint density at radius 2 is 2.00 bits per heavy atom. The van der Waals surface area contributed by atoms with Crippen molar-refractivity contribution in [3.63, 3.8) is 0 Å². The molecule has 0 aromatic heterocycles. The molecule has 0 N–H and O–H groups in total. The fraction of sp³-hybridized carbons (Fsp3) is 0.917. The SMILES string of the molecule is O=C(CCOCC(F)F)N1CCC(OCCBr)CC1. The van der Waals surface area contributed by atoms with E-state index in [1.54, 1.807) is 4.90 Å². The normalized spacial score (nSPS) is 17.2. The predicted molar refractivity (Wildman–Crippen MR) is 70.8 cm³/mol. The number of carbonyl (C=O) groups is 1. The number of carbonyl (C=O) groups excluding carboxylic acids is 1. The zero-order valence-electron chi connectivity index (χ0n) is 10.8. The van der Waals surface area contributed by atoms with Crippen LogP contribution in [0, 0.1) is 0 Å². The Balaban J connectivity index is 2.11. The Labute approximate surface area is 120 Å². The van der Waals surface area contributed by atoms with Crippen LogP contribution in [0.1, 0.15) is 19.3 Å². The topological polar surface area (TPSA) is 38.8 Å². The molecule has 0 bridgehead atoms. The number of alkyl halides is 3. The van der Waals surface area contributed by atoms with E-state index in [1.165, 1.54) is 0 Å². The second-order valence-electron chi connectivity index (χ2n) is 4.36. The lowest BCUT2D eigenvalue weighted by Gasteiger charge is -2.32. The number of rotatable bonds is 8. The minimum absolute atomic E-state index is 0.0341. The molecule has 19 heavy (non-hydrogen) atoms. The van der Waals surface area contributed by atoms with E-state index in [1.807, 2.05) is 0 Å². The summed E-state index contributed by atoms with van der Waals surface area (Å²) in [6.45, 7) is 1.47. The highest BCUT2D eigenvalue weighted by Crippen LogP contribution is 2.14. The Hall–Kier alpha value is -0.270. The van der Waals surface area contributed by atoms with Crippen molar-refractivity contribution >= 4 is 21.8 Å². The lowest BCUT2D eigenvalue weighted by molar-refractivity contribution is -0.135. The van der Waals surface area contributed by atoms with Crippen molar-refractivity contribution in [2.24, 2.45) is 0 Å². The van der Waals surface area contributed by atoms with E-state index in [0.29, 0.717) is 19.7 Å². The second kappa shape index (κ2) is 9.61. The molecule has 1 rings (SSSR count). The Morgan fingerprint density at radius 3 is 2.58 bits per heavy atom. The highest BCUT2D eigenvalue weighted by Gasteiger charge is 2.22. The van der Waals surface area contributed by atoms with Crippen LogP contribution < -0.4 is 0 Å². The Bertz CT molecular complexity index is 261. The molecule has 1 aliphatic heterocycles. The maximum absolute atomic E-state index is 11.8. The van der Waals surface area contributed by atoms with Crippen LogP contribution in [0.3, 0.4) is 0 Å². The van der Waals surface area contributed by atoms with Gasteiger partial charge in [-0.2, -0.15) is 0 Å². The Morgan fingerprint density at radius 1 is 1.32 bits per heavy atom. The third-order valence-electron chi connectivity index (χ3n) is 2.93. The van der Waals surface area contributed by atoms with Gasteiger partial charge in [-0.05, 0) is 12.8 Å². The third kappa shape index (κ3) is 7.17. The van der Waals surface area contributed by atoms with Crippen molar-refractivity contribution in [3.8, 4) is 0 Å². The van der Waals surface area contributed by atoms with Gasteiger partial charge in [-0.1, -0.05) is 15.9 Å². The number of halogens is 3. The molecule has 1 amide bonds. The van der Waals surface area contributed by atoms with E-state index in [2.05, 4.69) is 15.9 Å². The van der Waals surface area contributed by atoms with E-state index in [-0.39, 0.29) is 25.0 Å². The molecule has 0 aromatic carbocycles. The van der Waals surface area contributed by atoms with Gasteiger partial charge in [0.05, 0.1) is 25.7 Å². The van der Waals surface area contributed by atoms with E-state index in [0.717, 1.165) is 18.2 Å². The first-order valence-electron chi connectivity index (χ1n) is 6.44. The van der Waals surface area contributed by atoms with Gasteiger partial charge in [0.15, 0.2) is 0 Å². The monoisotopic (exact) mass is 343 g/mol. The molecule has 0 atom stereocenters. The van der Waals surface area contributed by atoms with Crippen molar-refractivity contribution in [1.82, 2.24) is 4.90 Å². The van der Waals surface area contributed by atoms with Crippen LogP contribution in [0.2, 0.25) is 0 Å². The van der Waals surface area contributed by atoms with Crippen LogP contribution in [0.4, 0.5) is 8.78 Å². The summed E-state index contributed by atoms with van der Waals surface area (Å²) in [7, 11) is 0. The van der Waals surface area contributed by atoms with Crippen LogP contribution in [-0.2, 0) is 14.3 Å². The zero-order chi connectivity index (χ0) is 14.1. The number of nitrogens with zero attached hydrogens (tertiary/aromatic N) is 1. The molecule has 0 unspecified atom stereocenters. The fourth-order valence-electron chi connectivity index (χ4n) is 1.97. The molecule has 0 aromatic rings. The molecule has 1 aliphatic rings. The minimum Gasteiger partial charge on any atom is -0.377 e. The summed E-state index contributed by atoms with van der Waals surface area (Å²) in [5.41, 5.74) is 0. The maximum Gasteiger partial charge on any atom is 0.261 e. The zero-order valence-corrected chi connectivity index (χ0v) is 12.4. The van der Waals surface area contributed by atoms with Gasteiger partial charge >= 0.3 is 0 Å². The molecule has 1 fully saturated rings. The van der Waals surface area contributed by atoms with Crippen LogP contribution >= 0.6 is 15.9 Å². The largest absolute Gasteiger partial charge is 0.377 e. The van der Waals surface area contributed by atoms with E-state index >= 15 is 0 Å². The number of ether oxygens (including phenoxy) is 2. The smallest absolute Gasteiger partial charge is 0.261 e. The van der Waals surface area contributed by atoms with Crippen LogP contribution in [0.5, 0.6) is 0 Å². The number of amides is 1. The van der Waals surface area contributed by atoms with Gasteiger partial charge in [0.2, 0.25) is 5.91 Å². The summed E-state index contributed by atoms with van der Waals surface area (Å²) in [6.07, 6.45) is -0.429. The lowest BCUT2D eigenvalue weighted by atomic mass is 10.1. The second-order valence-corrected chi connectivity index (χ2v) is 5.15. The molecule has 1 saturated heterocycles. The fourth-order valence-corrected chi connectivity index (χ4v) is 2.16. The molecule has 112 valence electrons. The average molecular weight is 344 g/mol. The van der Waals surface area contributed by atoms with Crippen LogP contribution in [0.15, 0.2) is 0 Å². The molecular formula is C12H20BrF2NO3. The van der Waals surface area contributed by atoms with Crippen molar-refractivity contribution in [1.29, 1.82) is 0 Å². The highest BCUT2D eigenvalue weighted by atomic mass is 79.9. The standard InChI is InChI=1S/C12H20BrF2NO3/c13-4-8-19-10-1-5-16(6-2-10)12(17)3-7-18-9-11(14)15/h10-11H,1-9H2. The number of likely N-dealkylation sites (tertiary alicyclic amines) is 1. The average Bonchev–Trinajstić information content (AvgIpc) is 2.41. The molecule has 0 spiro atoms. The summed E-state index contributed by atoms with van der Waals surface area (Å²) in [5.74, 6) is -0.0341. The quantitative estimate of drug-likeness (QED) is 0.500. The van der Waals surface area contributed by atoms with Crippen LogP contribution in [-0.4, -0.2) is 61.6 Å². The molecule has 4 nitrogen and oxygen atoms in total. The summed E-state index contributed by atoms with van der Waals surface area (Å²) in [5, 5.41) is 0.813. The Kier molecular flexibility index (Phi) is 8.48. The highest BCUT2D eigenvalue weighted by molar-refractivity contribution is 9.09. The molecule has 0 aliphatic carbocycles.